The number of Topliss-reactive ketones (excluding diaryl/α,β-unsaturated/α-hetero) is 1. The van der Waals surface area contributed by atoms with E-state index in [1.165, 1.54) is 12.8 Å². The summed E-state index contributed by atoms with van der Waals surface area (Å²) in [4.78, 5) is 11.8. The summed E-state index contributed by atoms with van der Waals surface area (Å²) in [5.41, 5.74) is 0.721. The second kappa shape index (κ2) is 5.12. The molecule has 3 nitrogen and oxygen atoms in total. The fourth-order valence-electron chi connectivity index (χ4n) is 1.55. The van der Waals surface area contributed by atoms with Crippen molar-refractivity contribution >= 4 is 5.78 Å². The molecule has 16 heavy (non-hydrogen) atoms. The maximum absolute atomic E-state index is 11.8. The van der Waals surface area contributed by atoms with E-state index in [0.717, 1.165) is 11.3 Å². The molecule has 0 amide bonds. The van der Waals surface area contributed by atoms with Crippen molar-refractivity contribution in [1.82, 2.24) is 5.32 Å². The van der Waals surface area contributed by atoms with Crippen molar-refractivity contribution in [1.29, 1.82) is 0 Å². The molecular weight excluding hydrogens is 202 g/mol. The number of ether oxygens (including phenoxy) is 1. The van der Waals surface area contributed by atoms with E-state index in [1.807, 2.05) is 25.1 Å². The fourth-order valence-corrected chi connectivity index (χ4v) is 1.55. The first-order valence-corrected chi connectivity index (χ1v) is 5.79. The molecule has 1 saturated carbocycles. The molecule has 0 atom stereocenters. The first-order chi connectivity index (χ1) is 7.79. The molecule has 1 N–H and O–H groups in total. The Hall–Kier alpha value is -1.35. The molecule has 0 aliphatic heterocycles. The highest BCUT2D eigenvalue weighted by Gasteiger charge is 2.21. The van der Waals surface area contributed by atoms with Crippen molar-refractivity contribution in [2.45, 2.75) is 25.8 Å². The maximum atomic E-state index is 11.8. The van der Waals surface area contributed by atoms with Gasteiger partial charge in [-0.25, -0.2) is 0 Å². The molecule has 86 valence electrons. The number of hydrogen-bond acceptors (Lipinski definition) is 3. The van der Waals surface area contributed by atoms with E-state index in [-0.39, 0.29) is 5.78 Å². The predicted molar refractivity (Wildman–Crippen MR) is 63.0 cm³/mol. The molecule has 1 aliphatic carbocycles. The Morgan fingerprint density at radius 3 is 3.00 bits per heavy atom. The van der Waals surface area contributed by atoms with Gasteiger partial charge in [-0.15, -0.1) is 0 Å². The van der Waals surface area contributed by atoms with Crippen molar-refractivity contribution in [2.75, 3.05) is 13.2 Å². The zero-order valence-electron chi connectivity index (χ0n) is 9.53. The van der Waals surface area contributed by atoms with Gasteiger partial charge in [0.2, 0.25) is 0 Å². The van der Waals surface area contributed by atoms with Gasteiger partial charge in [0, 0.05) is 11.6 Å². The summed E-state index contributed by atoms with van der Waals surface area (Å²) < 4.78 is 5.36. The molecule has 0 unspecified atom stereocenters. The van der Waals surface area contributed by atoms with Crippen LogP contribution in [-0.2, 0) is 0 Å². The lowest BCUT2D eigenvalue weighted by Gasteiger charge is -2.06. The molecule has 0 spiro atoms. The Kier molecular flexibility index (Phi) is 3.57. The molecule has 1 fully saturated rings. The third kappa shape index (κ3) is 3.07. The summed E-state index contributed by atoms with van der Waals surface area (Å²) in [6.07, 6.45) is 2.40. The quantitative estimate of drug-likeness (QED) is 0.744. The van der Waals surface area contributed by atoms with Crippen molar-refractivity contribution in [3.05, 3.63) is 29.8 Å². The highest BCUT2D eigenvalue weighted by molar-refractivity contribution is 5.97. The number of rotatable bonds is 6. The summed E-state index contributed by atoms with van der Waals surface area (Å²) >= 11 is 0. The molecule has 1 aromatic carbocycles. The second-order valence-corrected chi connectivity index (χ2v) is 4.04. The number of ketones is 1. The van der Waals surface area contributed by atoms with Crippen LogP contribution in [0.15, 0.2) is 24.3 Å². The molecule has 0 saturated heterocycles. The molecule has 0 bridgehead atoms. The van der Waals surface area contributed by atoms with E-state index in [4.69, 9.17) is 4.74 Å². The zero-order valence-corrected chi connectivity index (χ0v) is 9.53. The zero-order chi connectivity index (χ0) is 11.4. The Labute approximate surface area is 95.8 Å². The van der Waals surface area contributed by atoms with Crippen LogP contribution in [0.1, 0.15) is 30.1 Å². The van der Waals surface area contributed by atoms with Crippen LogP contribution in [0.3, 0.4) is 0 Å². The average molecular weight is 219 g/mol. The Morgan fingerprint density at radius 2 is 2.31 bits per heavy atom. The molecule has 3 heteroatoms. The molecule has 1 aromatic rings. The first kappa shape index (κ1) is 11.1. The van der Waals surface area contributed by atoms with E-state index < -0.39 is 0 Å². The Bertz CT molecular complexity index is 372. The normalized spacial score (nSPS) is 14.8. The summed E-state index contributed by atoms with van der Waals surface area (Å²) in [5.74, 6) is 0.897. The molecule has 2 rings (SSSR count). The topological polar surface area (TPSA) is 38.3 Å². The van der Waals surface area contributed by atoms with Gasteiger partial charge in [0.25, 0.3) is 0 Å². The number of benzene rings is 1. The smallest absolute Gasteiger partial charge is 0.176 e. The van der Waals surface area contributed by atoms with Crippen LogP contribution in [0, 0.1) is 0 Å². The van der Waals surface area contributed by atoms with Crippen molar-refractivity contribution in [3.8, 4) is 5.75 Å². The van der Waals surface area contributed by atoms with Gasteiger partial charge in [-0.05, 0) is 31.9 Å². The third-order valence-electron chi connectivity index (χ3n) is 2.60. The lowest BCUT2D eigenvalue weighted by atomic mass is 10.1. The van der Waals surface area contributed by atoms with Crippen molar-refractivity contribution in [3.63, 3.8) is 0 Å². The van der Waals surface area contributed by atoms with Crippen molar-refractivity contribution in [2.24, 2.45) is 0 Å². The van der Waals surface area contributed by atoms with Gasteiger partial charge >= 0.3 is 0 Å². The predicted octanol–water partition coefficient (Wildman–Crippen LogP) is 2.02. The Balaban J connectivity index is 1.94. The van der Waals surface area contributed by atoms with Crippen LogP contribution in [0.25, 0.3) is 0 Å². The maximum Gasteiger partial charge on any atom is 0.176 e. The van der Waals surface area contributed by atoms with Gasteiger partial charge < -0.3 is 10.1 Å². The van der Waals surface area contributed by atoms with E-state index in [9.17, 15) is 4.79 Å². The average Bonchev–Trinajstić information content (AvgIpc) is 3.10. The third-order valence-corrected chi connectivity index (χ3v) is 2.60. The van der Waals surface area contributed by atoms with Crippen LogP contribution < -0.4 is 10.1 Å². The standard InChI is InChI=1S/C13H17NO2/c1-2-16-12-5-3-4-10(8-12)13(15)9-14-11-6-7-11/h3-5,8,11,14H,2,6-7,9H2,1H3. The van der Waals surface area contributed by atoms with Gasteiger partial charge in [0.15, 0.2) is 5.78 Å². The van der Waals surface area contributed by atoms with Crippen LogP contribution in [-0.4, -0.2) is 25.0 Å². The summed E-state index contributed by atoms with van der Waals surface area (Å²) in [5, 5.41) is 3.22. The number of carbonyl (C=O) groups excluding carboxylic acids is 1. The number of carbonyl (C=O) groups is 1. The van der Waals surface area contributed by atoms with Crippen LogP contribution in [0.4, 0.5) is 0 Å². The molecule has 0 heterocycles. The van der Waals surface area contributed by atoms with Crippen molar-refractivity contribution < 1.29 is 9.53 Å². The monoisotopic (exact) mass is 219 g/mol. The number of hydrogen-bond donors (Lipinski definition) is 1. The van der Waals surface area contributed by atoms with Gasteiger partial charge in [0.1, 0.15) is 5.75 Å². The van der Waals surface area contributed by atoms with E-state index in [2.05, 4.69) is 5.32 Å². The minimum absolute atomic E-state index is 0.133. The highest BCUT2D eigenvalue weighted by atomic mass is 16.5. The summed E-state index contributed by atoms with van der Waals surface area (Å²) in [6.45, 7) is 2.99. The van der Waals surface area contributed by atoms with Crippen LogP contribution in [0.5, 0.6) is 5.75 Å². The Morgan fingerprint density at radius 1 is 1.50 bits per heavy atom. The lowest BCUT2D eigenvalue weighted by Crippen LogP contribution is -2.24. The summed E-state index contributed by atoms with van der Waals surface area (Å²) in [7, 11) is 0. The highest BCUT2D eigenvalue weighted by Crippen LogP contribution is 2.19. The fraction of sp³-hybridized carbons (Fsp3) is 0.462. The van der Waals surface area contributed by atoms with E-state index in [0.29, 0.717) is 19.2 Å². The van der Waals surface area contributed by atoms with Gasteiger partial charge in [0.05, 0.1) is 13.2 Å². The van der Waals surface area contributed by atoms with Gasteiger partial charge in [-0.3, -0.25) is 4.79 Å². The largest absolute Gasteiger partial charge is 0.494 e. The minimum atomic E-state index is 0.133. The minimum Gasteiger partial charge on any atom is -0.494 e. The first-order valence-electron chi connectivity index (χ1n) is 5.79. The molecule has 1 aliphatic rings. The van der Waals surface area contributed by atoms with E-state index in [1.54, 1.807) is 6.07 Å². The molecule has 0 radical (unpaired) electrons. The lowest BCUT2D eigenvalue weighted by molar-refractivity contribution is 0.0990. The second-order valence-electron chi connectivity index (χ2n) is 4.04. The van der Waals surface area contributed by atoms with E-state index >= 15 is 0 Å². The number of nitrogens with one attached hydrogen (secondary N) is 1. The summed E-state index contributed by atoms with van der Waals surface area (Å²) in [6, 6.07) is 7.93. The van der Waals surface area contributed by atoms with Gasteiger partial charge in [-0.1, -0.05) is 12.1 Å². The van der Waals surface area contributed by atoms with Gasteiger partial charge in [-0.2, -0.15) is 0 Å². The molecular formula is C13H17NO2. The molecule has 0 aromatic heterocycles. The van der Waals surface area contributed by atoms with Crippen LogP contribution >= 0.6 is 0 Å². The SMILES string of the molecule is CCOc1cccc(C(=O)CNC2CC2)c1. The van der Waals surface area contributed by atoms with Crippen LogP contribution in [0.2, 0.25) is 0 Å².